The average Bonchev–Trinajstić information content (AvgIpc) is 3.47. The Morgan fingerprint density at radius 3 is 2.64 bits per heavy atom. The average molecular weight is 687 g/mol. The number of thioether (sulfide) groups is 1. The SMILES string of the molecule is CCOC(=O)ON=C(C(=O)NC1C(=O)N2C(C(=O)OCOC(=O)C(C)(C)C)=C(COc3cccc(C#N)c3)CS[C@@H]12)c1csc(N)n1. The van der Waals surface area contributed by atoms with Crippen molar-refractivity contribution in [2.45, 2.75) is 39.1 Å². The van der Waals surface area contributed by atoms with Gasteiger partial charge >= 0.3 is 18.1 Å². The number of nitriles is 1. The Bertz CT molecular complexity index is 1680. The molecule has 1 aromatic heterocycles. The zero-order valence-electron chi connectivity index (χ0n) is 25.6. The van der Waals surface area contributed by atoms with Crippen molar-refractivity contribution in [3.05, 3.63) is 52.2 Å². The third-order valence-electron chi connectivity index (χ3n) is 6.35. The lowest BCUT2D eigenvalue weighted by atomic mass is 9.98. The Morgan fingerprint density at radius 2 is 1.98 bits per heavy atom. The Hall–Kier alpha value is -5.15. The number of nitrogens with one attached hydrogen (secondary N) is 1. The molecule has 2 aliphatic rings. The van der Waals surface area contributed by atoms with Gasteiger partial charge in [0.15, 0.2) is 10.8 Å². The van der Waals surface area contributed by atoms with Crippen molar-refractivity contribution < 1.29 is 47.8 Å². The highest BCUT2D eigenvalue weighted by Gasteiger charge is 2.55. The molecule has 18 heteroatoms. The van der Waals surface area contributed by atoms with E-state index < -0.39 is 59.2 Å². The van der Waals surface area contributed by atoms with E-state index in [1.54, 1.807) is 45.9 Å². The van der Waals surface area contributed by atoms with Crippen LogP contribution in [0.5, 0.6) is 5.75 Å². The quantitative estimate of drug-likeness (QED) is 0.0865. The maximum atomic E-state index is 13.5. The number of thiazole rings is 1. The van der Waals surface area contributed by atoms with Crippen LogP contribution in [0.25, 0.3) is 0 Å². The summed E-state index contributed by atoms with van der Waals surface area (Å²) >= 11 is 2.24. The number of carbonyl (C=O) groups is 5. The van der Waals surface area contributed by atoms with E-state index in [9.17, 15) is 29.2 Å². The van der Waals surface area contributed by atoms with Gasteiger partial charge in [0.05, 0.1) is 23.7 Å². The van der Waals surface area contributed by atoms with Gasteiger partial charge in [0.2, 0.25) is 6.79 Å². The fraction of sp³-hybridized carbons (Fsp3) is 0.379. The standard InChI is InChI=1S/C29H30N6O10S2/c1-5-41-28(40)45-34-19(18-13-47-27(31)32-18)22(36)33-20-23(37)35-21(25(38)43-14-44-26(39)29(2,3)4)16(12-46-24(20)35)11-42-17-8-6-7-15(9-17)10-30/h6-9,13,20,24H,5,11-12,14H2,1-4H3,(H2,31,32)(H,33,36)/t20?,24-/m0/s1. The van der Waals surface area contributed by atoms with Gasteiger partial charge < -0.3 is 30.0 Å². The highest BCUT2D eigenvalue weighted by Crippen LogP contribution is 2.41. The van der Waals surface area contributed by atoms with Gasteiger partial charge in [-0.2, -0.15) is 5.26 Å². The van der Waals surface area contributed by atoms with Gasteiger partial charge in [0.1, 0.15) is 35.2 Å². The minimum absolute atomic E-state index is 0.00142. The molecule has 1 unspecified atom stereocenters. The van der Waals surface area contributed by atoms with E-state index >= 15 is 0 Å². The van der Waals surface area contributed by atoms with Crippen LogP contribution in [0.1, 0.15) is 39.0 Å². The molecule has 0 bridgehead atoms. The Kier molecular flexibility index (Phi) is 11.1. The lowest BCUT2D eigenvalue weighted by molar-refractivity contribution is -0.173. The number of nitrogens with two attached hydrogens (primary N) is 1. The molecular formula is C29H30N6O10S2. The van der Waals surface area contributed by atoms with Crippen LogP contribution in [0.15, 0.2) is 46.1 Å². The van der Waals surface area contributed by atoms with E-state index in [0.717, 1.165) is 16.2 Å². The van der Waals surface area contributed by atoms with Crippen molar-refractivity contribution in [2.75, 3.05) is 31.5 Å². The second kappa shape index (κ2) is 15.0. The number of rotatable bonds is 11. The normalized spacial score (nSPS) is 17.5. The van der Waals surface area contributed by atoms with E-state index in [4.69, 9.17) is 19.9 Å². The molecule has 2 amide bonds. The highest BCUT2D eigenvalue weighted by atomic mass is 32.2. The van der Waals surface area contributed by atoms with E-state index in [0.29, 0.717) is 16.9 Å². The first-order chi connectivity index (χ1) is 22.3. The van der Waals surface area contributed by atoms with E-state index in [1.807, 2.05) is 6.07 Å². The molecule has 4 rings (SSSR count). The van der Waals surface area contributed by atoms with Gasteiger partial charge in [-0.15, -0.1) is 23.1 Å². The highest BCUT2D eigenvalue weighted by molar-refractivity contribution is 8.00. The topological polar surface area (TPSA) is 222 Å². The number of esters is 2. The van der Waals surface area contributed by atoms with Crippen LogP contribution in [0.2, 0.25) is 0 Å². The number of amides is 2. The number of oxime groups is 1. The monoisotopic (exact) mass is 686 g/mol. The molecule has 0 saturated carbocycles. The predicted molar refractivity (Wildman–Crippen MR) is 166 cm³/mol. The van der Waals surface area contributed by atoms with Crippen LogP contribution >= 0.6 is 23.1 Å². The fourth-order valence-electron chi connectivity index (χ4n) is 4.07. The van der Waals surface area contributed by atoms with Crippen LogP contribution in [-0.4, -0.2) is 82.7 Å². The third kappa shape index (κ3) is 8.37. The molecule has 2 atom stereocenters. The van der Waals surface area contributed by atoms with E-state index in [-0.39, 0.29) is 35.5 Å². The minimum Gasteiger partial charge on any atom is -0.489 e. The molecule has 0 radical (unpaired) electrons. The number of nitrogen functional groups attached to an aromatic ring is 1. The van der Waals surface area contributed by atoms with Crippen LogP contribution < -0.4 is 15.8 Å². The first-order valence-corrected chi connectivity index (χ1v) is 15.8. The zero-order chi connectivity index (χ0) is 34.3. The molecule has 1 aromatic carbocycles. The summed E-state index contributed by atoms with van der Waals surface area (Å²) in [4.78, 5) is 73.8. The molecule has 0 spiro atoms. The van der Waals surface area contributed by atoms with E-state index in [2.05, 4.69) is 25.0 Å². The summed E-state index contributed by atoms with van der Waals surface area (Å²) in [6.07, 6.45) is -1.16. The van der Waals surface area contributed by atoms with Crippen molar-refractivity contribution in [1.29, 1.82) is 5.26 Å². The summed E-state index contributed by atoms with van der Waals surface area (Å²) in [7, 11) is 0. The molecule has 3 N–H and O–H groups in total. The molecule has 1 saturated heterocycles. The number of nitrogens with zero attached hydrogens (tertiary/aromatic N) is 4. The molecule has 2 aliphatic heterocycles. The lowest BCUT2D eigenvalue weighted by Crippen LogP contribution is -2.71. The second-order valence-corrected chi connectivity index (χ2v) is 12.8. The summed E-state index contributed by atoms with van der Waals surface area (Å²) in [6, 6.07) is 7.27. The molecule has 47 heavy (non-hydrogen) atoms. The molecule has 2 aromatic rings. The first kappa shape index (κ1) is 34.7. The number of benzene rings is 1. The van der Waals surface area contributed by atoms with Crippen molar-refractivity contribution in [3.63, 3.8) is 0 Å². The largest absolute Gasteiger partial charge is 0.535 e. The van der Waals surface area contributed by atoms with Crippen LogP contribution in [0, 0.1) is 16.7 Å². The van der Waals surface area contributed by atoms with Gasteiger partial charge in [-0.25, -0.2) is 14.6 Å². The maximum Gasteiger partial charge on any atom is 0.535 e. The number of β-lactam (4-membered cyclic amide) rings is 1. The van der Waals surface area contributed by atoms with Gasteiger partial charge in [-0.3, -0.25) is 24.1 Å². The van der Waals surface area contributed by atoms with Crippen molar-refractivity contribution in [1.82, 2.24) is 15.2 Å². The smallest absolute Gasteiger partial charge is 0.489 e. The van der Waals surface area contributed by atoms with Crippen LogP contribution in [-0.2, 0) is 38.2 Å². The summed E-state index contributed by atoms with van der Waals surface area (Å²) in [5, 5.41) is 16.1. The number of fused-ring (bicyclic) bond motifs is 1. The van der Waals surface area contributed by atoms with E-state index in [1.165, 1.54) is 23.2 Å². The molecule has 248 valence electrons. The zero-order valence-corrected chi connectivity index (χ0v) is 27.3. The van der Waals surface area contributed by atoms with Crippen molar-refractivity contribution >= 4 is 63.9 Å². The lowest BCUT2D eigenvalue weighted by Gasteiger charge is -2.49. The number of hydrogen-bond donors (Lipinski definition) is 2. The molecule has 16 nitrogen and oxygen atoms in total. The van der Waals surface area contributed by atoms with Crippen LogP contribution in [0.4, 0.5) is 9.93 Å². The maximum absolute atomic E-state index is 13.5. The minimum atomic E-state index is -1.16. The Balaban J connectivity index is 1.55. The third-order valence-corrected chi connectivity index (χ3v) is 8.36. The number of aromatic nitrogens is 1. The van der Waals surface area contributed by atoms with Gasteiger partial charge in [-0.05, 0) is 45.9 Å². The summed E-state index contributed by atoms with van der Waals surface area (Å²) < 4.78 is 20.8. The number of ether oxygens (including phenoxy) is 4. The summed E-state index contributed by atoms with van der Waals surface area (Å²) in [5.41, 5.74) is 5.00. The second-order valence-electron chi connectivity index (χ2n) is 10.8. The number of hydrogen-bond acceptors (Lipinski definition) is 16. The number of anilines is 1. The Morgan fingerprint density at radius 1 is 1.21 bits per heavy atom. The Labute approximate surface area is 276 Å². The molecule has 1 fully saturated rings. The fourth-order valence-corrected chi connectivity index (χ4v) is 5.94. The summed E-state index contributed by atoms with van der Waals surface area (Å²) in [5.74, 6) is -2.60. The van der Waals surface area contributed by atoms with Gasteiger partial charge in [-0.1, -0.05) is 11.2 Å². The summed E-state index contributed by atoms with van der Waals surface area (Å²) in [6.45, 7) is 5.61. The molecule has 3 heterocycles. The predicted octanol–water partition coefficient (Wildman–Crippen LogP) is 2.30. The first-order valence-electron chi connectivity index (χ1n) is 13.9. The van der Waals surface area contributed by atoms with Gasteiger partial charge in [0, 0.05) is 16.7 Å². The van der Waals surface area contributed by atoms with Crippen molar-refractivity contribution in [3.8, 4) is 11.8 Å². The van der Waals surface area contributed by atoms with Gasteiger partial charge in [0.25, 0.3) is 11.8 Å². The van der Waals surface area contributed by atoms with Crippen LogP contribution in [0.3, 0.4) is 0 Å². The van der Waals surface area contributed by atoms with Crippen molar-refractivity contribution in [2.24, 2.45) is 10.6 Å². The number of carbonyl (C=O) groups excluding carboxylic acids is 5. The molecular weight excluding hydrogens is 656 g/mol. The molecule has 0 aliphatic carbocycles.